The smallest absolute Gasteiger partial charge is 0.204 e. The van der Waals surface area contributed by atoms with E-state index >= 15 is 0 Å². The van der Waals surface area contributed by atoms with Crippen LogP contribution >= 0.6 is 0 Å². The summed E-state index contributed by atoms with van der Waals surface area (Å²) >= 11 is 0. The molecule has 118 valence electrons. The standard InChI is InChI=1S/C20H33O/c1-7-20(6,21)16-10-15-19(5)14-9-13-18(4)12-8-11-17(2)3/h1,7,11,13,15,21H,8-10,12,14,16H2,2-6H3/q+1/b18-13+,19-15+. The maximum atomic E-state index is 9.78. The number of hydrogen-bond acceptors (Lipinski definition) is 1. The van der Waals surface area contributed by atoms with Crippen molar-refractivity contribution in [2.75, 3.05) is 0 Å². The first-order chi connectivity index (χ1) is 9.76. The molecule has 0 spiro atoms. The van der Waals surface area contributed by atoms with E-state index in [4.69, 9.17) is 6.58 Å². The summed E-state index contributed by atoms with van der Waals surface area (Å²) in [6.07, 6.45) is 14.3. The Morgan fingerprint density at radius 3 is 1.86 bits per heavy atom. The van der Waals surface area contributed by atoms with Gasteiger partial charge in [0.1, 0.15) is 5.60 Å². The molecule has 1 N–H and O–H groups in total. The molecule has 1 unspecified atom stereocenters. The van der Waals surface area contributed by atoms with Crippen molar-refractivity contribution < 1.29 is 5.11 Å². The summed E-state index contributed by atoms with van der Waals surface area (Å²) in [5.41, 5.74) is 3.40. The first kappa shape index (κ1) is 19.8. The van der Waals surface area contributed by atoms with Gasteiger partial charge in [0.05, 0.1) is 0 Å². The fourth-order valence-corrected chi connectivity index (χ4v) is 2.03. The van der Waals surface area contributed by atoms with Crippen molar-refractivity contribution in [3.8, 4) is 0 Å². The zero-order valence-corrected chi connectivity index (χ0v) is 14.6. The lowest BCUT2D eigenvalue weighted by molar-refractivity contribution is 0.103. The molecule has 21 heavy (non-hydrogen) atoms. The summed E-state index contributed by atoms with van der Waals surface area (Å²) in [7, 11) is 0. The predicted octanol–water partition coefficient (Wildman–Crippen LogP) is 5.93. The van der Waals surface area contributed by atoms with Crippen molar-refractivity contribution in [2.45, 2.75) is 78.7 Å². The van der Waals surface area contributed by atoms with Crippen molar-refractivity contribution >= 4 is 0 Å². The van der Waals surface area contributed by atoms with Crippen LogP contribution in [0.15, 0.2) is 41.0 Å². The van der Waals surface area contributed by atoms with Crippen LogP contribution in [0.4, 0.5) is 0 Å². The van der Waals surface area contributed by atoms with Crippen LogP contribution in [0.2, 0.25) is 0 Å². The van der Waals surface area contributed by atoms with Gasteiger partial charge < -0.3 is 5.11 Å². The molecule has 0 bridgehead atoms. The van der Waals surface area contributed by atoms with Gasteiger partial charge in [-0.2, -0.15) is 0 Å². The van der Waals surface area contributed by atoms with Crippen molar-refractivity contribution in [1.82, 2.24) is 0 Å². The Bertz CT molecular complexity index is 390. The first-order valence-electron chi connectivity index (χ1n) is 8.00. The van der Waals surface area contributed by atoms with E-state index in [1.165, 1.54) is 22.8 Å². The average molecular weight is 289 g/mol. The third-order valence-electron chi connectivity index (χ3n) is 3.63. The van der Waals surface area contributed by atoms with Crippen LogP contribution in [0.3, 0.4) is 0 Å². The minimum atomic E-state index is -0.849. The summed E-state index contributed by atoms with van der Waals surface area (Å²) in [5, 5.41) is 9.78. The fraction of sp³-hybridized carbons (Fsp3) is 0.600. The van der Waals surface area contributed by atoms with Gasteiger partial charge in [0, 0.05) is 0 Å². The number of allylic oxidation sites excluding steroid dienone is 6. The molecule has 0 aromatic carbocycles. The molecule has 0 heterocycles. The molecule has 0 amide bonds. The molecule has 0 aromatic rings. The summed E-state index contributed by atoms with van der Waals surface area (Å²) in [6.45, 7) is 15.8. The zero-order chi connectivity index (χ0) is 16.3. The van der Waals surface area contributed by atoms with Crippen LogP contribution in [-0.2, 0) is 0 Å². The second-order valence-corrected chi connectivity index (χ2v) is 6.52. The van der Waals surface area contributed by atoms with E-state index in [-0.39, 0.29) is 0 Å². The summed E-state index contributed by atoms with van der Waals surface area (Å²) in [5.74, 6) is 0. The quantitative estimate of drug-likeness (QED) is 0.390. The SMILES string of the molecule is [CH+]=CC(C)(O)CC/C=C(\C)CC/C=C(\C)CCC=C(C)C. The fourth-order valence-electron chi connectivity index (χ4n) is 2.03. The monoisotopic (exact) mass is 289 g/mol. The molecule has 0 saturated heterocycles. The predicted molar refractivity (Wildman–Crippen MR) is 94.1 cm³/mol. The van der Waals surface area contributed by atoms with Crippen LogP contribution in [0.5, 0.6) is 0 Å². The van der Waals surface area contributed by atoms with Crippen LogP contribution in [0, 0.1) is 6.58 Å². The first-order valence-corrected chi connectivity index (χ1v) is 8.00. The molecule has 0 aromatic heterocycles. The van der Waals surface area contributed by atoms with Gasteiger partial charge in [0.2, 0.25) is 6.58 Å². The van der Waals surface area contributed by atoms with Gasteiger partial charge in [-0.25, -0.2) is 0 Å². The van der Waals surface area contributed by atoms with Gasteiger partial charge in [0.25, 0.3) is 0 Å². The molecular formula is C20H33O+. The number of hydrogen-bond donors (Lipinski definition) is 1. The Labute approximate surface area is 132 Å². The summed E-state index contributed by atoms with van der Waals surface area (Å²) in [4.78, 5) is 0. The molecule has 0 aliphatic carbocycles. The van der Waals surface area contributed by atoms with Crippen LogP contribution < -0.4 is 0 Å². The van der Waals surface area contributed by atoms with Crippen molar-refractivity contribution in [1.29, 1.82) is 0 Å². The van der Waals surface area contributed by atoms with Gasteiger partial charge in [-0.15, -0.1) is 0 Å². The molecule has 0 aliphatic rings. The maximum absolute atomic E-state index is 9.78. The molecule has 0 radical (unpaired) electrons. The minimum absolute atomic E-state index is 0.679. The molecular weight excluding hydrogens is 256 g/mol. The highest BCUT2D eigenvalue weighted by atomic mass is 16.3. The van der Waals surface area contributed by atoms with Gasteiger partial charge >= 0.3 is 0 Å². The van der Waals surface area contributed by atoms with Crippen molar-refractivity contribution in [3.63, 3.8) is 0 Å². The van der Waals surface area contributed by atoms with Gasteiger partial charge in [-0.05, 0) is 73.1 Å². The van der Waals surface area contributed by atoms with Gasteiger partial charge in [-0.3, -0.25) is 0 Å². The third-order valence-corrected chi connectivity index (χ3v) is 3.63. The molecule has 1 heteroatoms. The van der Waals surface area contributed by atoms with Crippen LogP contribution in [-0.4, -0.2) is 10.7 Å². The maximum Gasteiger partial charge on any atom is 0.204 e. The Morgan fingerprint density at radius 2 is 1.38 bits per heavy atom. The van der Waals surface area contributed by atoms with E-state index in [1.807, 2.05) is 0 Å². The lowest BCUT2D eigenvalue weighted by Crippen LogP contribution is -2.19. The third kappa shape index (κ3) is 12.3. The normalized spacial score (nSPS) is 15.5. The van der Waals surface area contributed by atoms with E-state index in [1.54, 1.807) is 6.92 Å². The van der Waals surface area contributed by atoms with Crippen LogP contribution in [0.25, 0.3) is 0 Å². The summed E-state index contributed by atoms with van der Waals surface area (Å²) < 4.78 is 0. The number of rotatable bonds is 10. The highest BCUT2D eigenvalue weighted by molar-refractivity contribution is 5.06. The summed E-state index contributed by atoms with van der Waals surface area (Å²) in [6, 6.07) is 0. The van der Waals surface area contributed by atoms with E-state index < -0.39 is 5.60 Å². The Balaban J connectivity index is 3.99. The van der Waals surface area contributed by atoms with Gasteiger partial charge in [0.15, 0.2) is 6.08 Å². The topological polar surface area (TPSA) is 20.2 Å². The molecule has 1 atom stereocenters. The molecule has 0 saturated carbocycles. The minimum Gasteiger partial charge on any atom is -0.381 e. The average Bonchev–Trinajstić information content (AvgIpc) is 2.38. The lowest BCUT2D eigenvalue weighted by atomic mass is 9.99. The van der Waals surface area contributed by atoms with Crippen molar-refractivity contribution in [2.24, 2.45) is 0 Å². The van der Waals surface area contributed by atoms with E-state index in [0.717, 1.165) is 32.1 Å². The molecule has 0 fully saturated rings. The molecule has 0 rings (SSSR count). The highest BCUT2D eigenvalue weighted by Crippen LogP contribution is 2.16. The Morgan fingerprint density at radius 1 is 0.905 bits per heavy atom. The molecule has 1 nitrogen and oxygen atoms in total. The zero-order valence-electron chi connectivity index (χ0n) is 14.6. The van der Waals surface area contributed by atoms with Crippen LogP contribution in [0.1, 0.15) is 73.1 Å². The van der Waals surface area contributed by atoms with E-state index in [9.17, 15) is 5.11 Å². The highest BCUT2D eigenvalue weighted by Gasteiger charge is 2.18. The lowest BCUT2D eigenvalue weighted by Gasteiger charge is -2.12. The van der Waals surface area contributed by atoms with Crippen molar-refractivity contribution in [3.05, 3.63) is 47.6 Å². The Kier molecular flexibility index (Phi) is 9.95. The second-order valence-electron chi connectivity index (χ2n) is 6.52. The molecule has 0 aliphatic heterocycles. The van der Waals surface area contributed by atoms with E-state index in [0.29, 0.717) is 6.42 Å². The van der Waals surface area contributed by atoms with E-state index in [2.05, 4.69) is 45.9 Å². The Hall–Kier alpha value is -1.17. The van der Waals surface area contributed by atoms with Gasteiger partial charge in [-0.1, -0.05) is 34.9 Å². The largest absolute Gasteiger partial charge is 0.381 e. The second kappa shape index (κ2) is 10.5. The number of aliphatic hydroxyl groups is 1.